The van der Waals surface area contributed by atoms with Crippen molar-refractivity contribution in [2.24, 2.45) is 5.73 Å². The van der Waals surface area contributed by atoms with E-state index in [1.54, 1.807) is 7.11 Å². The lowest BCUT2D eigenvalue weighted by atomic mass is 9.99. The molecule has 0 aliphatic heterocycles. The summed E-state index contributed by atoms with van der Waals surface area (Å²) in [7, 11) is 1.73. The number of methoxy groups -OCH3 is 1. The topological polar surface area (TPSA) is 47.3 Å². The molecule has 0 aliphatic carbocycles. The first-order valence-electron chi connectivity index (χ1n) is 5.76. The Kier molecular flexibility index (Phi) is 6.08. The minimum atomic E-state index is 0.245. The highest BCUT2D eigenvalue weighted by Crippen LogP contribution is 2.12. The Bertz CT molecular complexity index is 277. The van der Waals surface area contributed by atoms with Crippen LogP contribution in [0.4, 0.5) is 0 Å². The second kappa shape index (κ2) is 7.39. The molecule has 1 aromatic carbocycles. The van der Waals surface area contributed by atoms with Crippen LogP contribution in [0.3, 0.4) is 0 Å². The number of hydrogen-bond acceptors (Lipinski definition) is 3. The van der Waals surface area contributed by atoms with Crippen LogP contribution < -0.4 is 11.1 Å². The molecule has 0 bridgehead atoms. The number of benzene rings is 1. The molecule has 3 nitrogen and oxygen atoms in total. The third kappa shape index (κ3) is 4.31. The van der Waals surface area contributed by atoms with Crippen molar-refractivity contribution in [1.82, 2.24) is 5.32 Å². The van der Waals surface area contributed by atoms with Crippen LogP contribution in [0.25, 0.3) is 0 Å². The first-order valence-corrected chi connectivity index (χ1v) is 5.76. The van der Waals surface area contributed by atoms with Crippen LogP contribution in [0.1, 0.15) is 18.4 Å². The number of nitrogens with one attached hydrogen (secondary N) is 1. The summed E-state index contributed by atoms with van der Waals surface area (Å²) in [5, 5.41) is 3.38. The molecule has 2 atom stereocenters. The normalized spacial score (nSPS) is 14.7. The highest BCUT2D eigenvalue weighted by molar-refractivity contribution is 5.20. The molecule has 0 saturated heterocycles. The van der Waals surface area contributed by atoms with Gasteiger partial charge in [0, 0.05) is 32.7 Å². The van der Waals surface area contributed by atoms with Gasteiger partial charge in [0.2, 0.25) is 0 Å². The van der Waals surface area contributed by atoms with Gasteiger partial charge in [-0.1, -0.05) is 30.3 Å². The fraction of sp³-hybridized carbons (Fsp3) is 0.538. The van der Waals surface area contributed by atoms with Crippen molar-refractivity contribution in [2.45, 2.75) is 18.9 Å². The second-order valence-corrected chi connectivity index (χ2v) is 4.05. The van der Waals surface area contributed by atoms with Gasteiger partial charge in [-0.15, -0.1) is 0 Å². The zero-order valence-corrected chi connectivity index (χ0v) is 10.1. The second-order valence-electron chi connectivity index (χ2n) is 4.05. The smallest absolute Gasteiger partial charge is 0.0667 e. The molecule has 0 spiro atoms. The Morgan fingerprint density at radius 3 is 2.50 bits per heavy atom. The van der Waals surface area contributed by atoms with E-state index in [4.69, 9.17) is 10.5 Å². The van der Waals surface area contributed by atoms with Gasteiger partial charge in [0.25, 0.3) is 0 Å². The molecule has 0 radical (unpaired) electrons. The number of ether oxygens (including phenoxy) is 1. The van der Waals surface area contributed by atoms with Gasteiger partial charge >= 0.3 is 0 Å². The van der Waals surface area contributed by atoms with E-state index >= 15 is 0 Å². The lowest BCUT2D eigenvalue weighted by molar-refractivity contribution is 0.117. The summed E-state index contributed by atoms with van der Waals surface area (Å²) in [6.45, 7) is 4.47. The molecule has 90 valence electrons. The summed E-state index contributed by atoms with van der Waals surface area (Å²) < 4.78 is 5.18. The summed E-state index contributed by atoms with van der Waals surface area (Å²) >= 11 is 0. The summed E-state index contributed by atoms with van der Waals surface area (Å²) in [5.41, 5.74) is 7.08. The van der Waals surface area contributed by atoms with Crippen molar-refractivity contribution in [3.63, 3.8) is 0 Å². The van der Waals surface area contributed by atoms with Crippen molar-refractivity contribution in [3.05, 3.63) is 35.9 Å². The lowest BCUT2D eigenvalue weighted by Gasteiger charge is -2.17. The van der Waals surface area contributed by atoms with Crippen LogP contribution in [0.2, 0.25) is 0 Å². The van der Waals surface area contributed by atoms with Gasteiger partial charge in [-0.3, -0.25) is 0 Å². The van der Waals surface area contributed by atoms with Gasteiger partial charge in [0.05, 0.1) is 6.10 Å². The quantitative estimate of drug-likeness (QED) is 0.732. The standard InChI is InChI=1S/C13H22N2O/c1-11(16-2)9-15-10-13(8-14)12-6-4-3-5-7-12/h3-7,11,13,15H,8-10,14H2,1-2H3. The van der Waals surface area contributed by atoms with E-state index in [1.807, 2.05) is 13.0 Å². The first-order chi connectivity index (χ1) is 7.77. The van der Waals surface area contributed by atoms with Crippen molar-refractivity contribution in [2.75, 3.05) is 26.7 Å². The molecule has 1 aromatic rings. The summed E-state index contributed by atoms with van der Waals surface area (Å²) in [4.78, 5) is 0. The van der Waals surface area contributed by atoms with E-state index in [0.717, 1.165) is 13.1 Å². The minimum Gasteiger partial charge on any atom is -0.380 e. The predicted octanol–water partition coefficient (Wildman–Crippen LogP) is 1.35. The van der Waals surface area contributed by atoms with Crippen LogP contribution in [-0.2, 0) is 4.74 Å². The molecule has 0 heterocycles. The van der Waals surface area contributed by atoms with Gasteiger partial charge < -0.3 is 15.8 Å². The monoisotopic (exact) mass is 222 g/mol. The van der Waals surface area contributed by atoms with Crippen molar-refractivity contribution in [3.8, 4) is 0 Å². The number of hydrogen-bond donors (Lipinski definition) is 2. The third-order valence-corrected chi connectivity index (χ3v) is 2.78. The maximum Gasteiger partial charge on any atom is 0.0667 e. The van der Waals surface area contributed by atoms with Crippen LogP contribution in [0, 0.1) is 0 Å². The zero-order chi connectivity index (χ0) is 11.8. The molecule has 2 unspecified atom stereocenters. The molecule has 0 fully saturated rings. The number of nitrogens with two attached hydrogens (primary N) is 1. The van der Waals surface area contributed by atoms with Crippen LogP contribution in [-0.4, -0.2) is 32.8 Å². The van der Waals surface area contributed by atoms with Gasteiger partial charge in [0.15, 0.2) is 0 Å². The Morgan fingerprint density at radius 1 is 1.25 bits per heavy atom. The molecular weight excluding hydrogens is 200 g/mol. The zero-order valence-electron chi connectivity index (χ0n) is 10.1. The van der Waals surface area contributed by atoms with E-state index in [2.05, 4.69) is 29.6 Å². The maximum atomic E-state index is 5.78. The SMILES string of the molecule is COC(C)CNCC(CN)c1ccccc1. The average molecular weight is 222 g/mol. The van der Waals surface area contributed by atoms with E-state index in [9.17, 15) is 0 Å². The first kappa shape index (κ1) is 13.2. The predicted molar refractivity (Wildman–Crippen MR) is 67.6 cm³/mol. The lowest BCUT2D eigenvalue weighted by Crippen LogP contribution is -2.32. The molecule has 3 heteroatoms. The summed E-state index contributed by atoms with van der Waals surface area (Å²) in [5.74, 6) is 0.380. The Balaban J connectivity index is 2.38. The maximum absolute atomic E-state index is 5.78. The average Bonchev–Trinajstić information content (AvgIpc) is 2.35. The highest BCUT2D eigenvalue weighted by Gasteiger charge is 2.09. The molecule has 0 amide bonds. The van der Waals surface area contributed by atoms with Crippen molar-refractivity contribution < 1.29 is 4.74 Å². The van der Waals surface area contributed by atoms with Crippen LogP contribution in [0.5, 0.6) is 0 Å². The molecule has 0 saturated carbocycles. The fourth-order valence-corrected chi connectivity index (χ4v) is 1.61. The molecule has 3 N–H and O–H groups in total. The fourth-order valence-electron chi connectivity index (χ4n) is 1.61. The summed E-state index contributed by atoms with van der Waals surface area (Å²) in [6, 6.07) is 10.4. The van der Waals surface area contributed by atoms with E-state index in [1.165, 1.54) is 5.56 Å². The minimum absolute atomic E-state index is 0.245. The van der Waals surface area contributed by atoms with Crippen molar-refractivity contribution >= 4 is 0 Å². The van der Waals surface area contributed by atoms with Crippen LogP contribution in [0.15, 0.2) is 30.3 Å². The molecule has 0 aliphatic rings. The summed E-state index contributed by atoms with van der Waals surface area (Å²) in [6.07, 6.45) is 0.245. The van der Waals surface area contributed by atoms with Gasteiger partial charge in [-0.2, -0.15) is 0 Å². The largest absolute Gasteiger partial charge is 0.380 e. The Morgan fingerprint density at radius 2 is 1.94 bits per heavy atom. The van der Waals surface area contributed by atoms with Gasteiger partial charge in [-0.25, -0.2) is 0 Å². The van der Waals surface area contributed by atoms with Crippen molar-refractivity contribution in [1.29, 1.82) is 0 Å². The number of rotatable bonds is 7. The molecule has 1 rings (SSSR count). The van der Waals surface area contributed by atoms with E-state index in [-0.39, 0.29) is 6.10 Å². The third-order valence-electron chi connectivity index (χ3n) is 2.78. The molecule has 0 aromatic heterocycles. The van der Waals surface area contributed by atoms with Gasteiger partial charge in [-0.05, 0) is 12.5 Å². The van der Waals surface area contributed by atoms with Crippen LogP contribution >= 0.6 is 0 Å². The Hall–Kier alpha value is -0.900. The highest BCUT2D eigenvalue weighted by atomic mass is 16.5. The molecule has 16 heavy (non-hydrogen) atoms. The van der Waals surface area contributed by atoms with Gasteiger partial charge in [0.1, 0.15) is 0 Å². The molecular formula is C13H22N2O. The van der Waals surface area contributed by atoms with E-state index in [0.29, 0.717) is 12.5 Å². The van der Waals surface area contributed by atoms with E-state index < -0.39 is 0 Å². The Labute approximate surface area is 98.0 Å².